The Balaban J connectivity index is 1.49. The monoisotopic (exact) mass is 384 g/mol. The lowest BCUT2D eigenvalue weighted by molar-refractivity contribution is 0.0955. The van der Waals surface area contributed by atoms with Gasteiger partial charge in [0.1, 0.15) is 0 Å². The number of pyridine rings is 1. The molecule has 2 aromatic carbocycles. The third-order valence-electron chi connectivity index (χ3n) is 4.81. The molecule has 144 valence electrons. The minimum Gasteiger partial charge on any atom is -0.321 e. The van der Waals surface area contributed by atoms with Crippen LogP contribution in [-0.4, -0.2) is 21.7 Å². The molecule has 0 aliphatic rings. The number of rotatable bonds is 4. The van der Waals surface area contributed by atoms with E-state index in [9.17, 15) is 9.59 Å². The highest BCUT2D eigenvalue weighted by molar-refractivity contribution is 5.95. The van der Waals surface area contributed by atoms with Crippen molar-refractivity contribution in [3.63, 3.8) is 0 Å². The molecule has 4 rings (SSSR count). The quantitative estimate of drug-likeness (QED) is 0.416. The van der Waals surface area contributed by atoms with Gasteiger partial charge in [-0.05, 0) is 67.8 Å². The van der Waals surface area contributed by atoms with Crippen molar-refractivity contribution in [2.75, 3.05) is 0 Å². The van der Waals surface area contributed by atoms with E-state index >= 15 is 0 Å². The van der Waals surface area contributed by atoms with Crippen LogP contribution in [0.1, 0.15) is 27.3 Å². The standard InChI is InChI=1S/C23H20N4O2/c1-15-7-8-16(2)27(15)20-11-9-17(10-12-20)23(29)26-24-14-19-13-18-5-3-4-6-21(18)25-22(19)28/h3-14H,1-2H3,(H,25,28)(H,26,29)/b24-14-. The summed E-state index contributed by atoms with van der Waals surface area (Å²) in [6.45, 7) is 4.08. The van der Waals surface area contributed by atoms with Crippen LogP contribution in [0.2, 0.25) is 0 Å². The highest BCUT2D eigenvalue weighted by atomic mass is 16.2. The van der Waals surface area contributed by atoms with Crippen molar-refractivity contribution in [1.82, 2.24) is 15.0 Å². The Morgan fingerprint density at radius 3 is 2.41 bits per heavy atom. The molecule has 2 heterocycles. The molecule has 0 aliphatic heterocycles. The maximum absolute atomic E-state index is 12.3. The van der Waals surface area contributed by atoms with Crippen molar-refractivity contribution in [3.8, 4) is 5.69 Å². The molecule has 6 nitrogen and oxygen atoms in total. The molecule has 4 aromatic rings. The highest BCUT2D eigenvalue weighted by Gasteiger charge is 2.07. The van der Waals surface area contributed by atoms with E-state index in [1.807, 2.05) is 50.2 Å². The topological polar surface area (TPSA) is 79.2 Å². The largest absolute Gasteiger partial charge is 0.321 e. The van der Waals surface area contributed by atoms with Crippen LogP contribution in [0.3, 0.4) is 0 Å². The Morgan fingerprint density at radius 1 is 1.00 bits per heavy atom. The van der Waals surface area contributed by atoms with Gasteiger partial charge in [-0.3, -0.25) is 9.59 Å². The average Bonchev–Trinajstić information content (AvgIpc) is 3.06. The van der Waals surface area contributed by atoms with Gasteiger partial charge in [0.05, 0.1) is 11.8 Å². The number of nitrogens with zero attached hydrogens (tertiary/aromatic N) is 2. The second kappa shape index (κ2) is 7.59. The first-order valence-corrected chi connectivity index (χ1v) is 9.24. The number of aromatic amines is 1. The first kappa shape index (κ1) is 18.4. The van der Waals surface area contributed by atoms with E-state index in [0.717, 1.165) is 28.0 Å². The van der Waals surface area contributed by atoms with Gasteiger partial charge in [-0.2, -0.15) is 5.10 Å². The van der Waals surface area contributed by atoms with E-state index in [0.29, 0.717) is 11.1 Å². The molecule has 0 spiro atoms. The number of fused-ring (bicyclic) bond motifs is 1. The minimum atomic E-state index is -0.342. The first-order valence-electron chi connectivity index (χ1n) is 9.24. The van der Waals surface area contributed by atoms with Gasteiger partial charge in [0.2, 0.25) is 0 Å². The fraction of sp³-hybridized carbons (Fsp3) is 0.0870. The summed E-state index contributed by atoms with van der Waals surface area (Å²) in [5, 5.41) is 4.83. The number of H-pyrrole nitrogens is 1. The van der Waals surface area contributed by atoms with Crippen LogP contribution in [0.25, 0.3) is 16.6 Å². The van der Waals surface area contributed by atoms with Crippen molar-refractivity contribution in [2.45, 2.75) is 13.8 Å². The van der Waals surface area contributed by atoms with Crippen LogP contribution in [0.5, 0.6) is 0 Å². The SMILES string of the molecule is Cc1ccc(C)n1-c1ccc(C(=O)N/N=C\c2cc3ccccc3[nH]c2=O)cc1. The van der Waals surface area contributed by atoms with E-state index in [4.69, 9.17) is 0 Å². The normalized spacial score (nSPS) is 11.2. The average molecular weight is 384 g/mol. The van der Waals surface area contributed by atoms with Crippen LogP contribution < -0.4 is 11.0 Å². The number of nitrogens with one attached hydrogen (secondary N) is 2. The molecule has 0 saturated heterocycles. The Labute approximate surface area is 167 Å². The van der Waals surface area contributed by atoms with Crippen molar-refractivity contribution in [2.24, 2.45) is 5.10 Å². The summed E-state index contributed by atoms with van der Waals surface area (Å²) in [6.07, 6.45) is 1.35. The number of para-hydroxylation sites is 1. The fourth-order valence-electron chi connectivity index (χ4n) is 3.32. The van der Waals surface area contributed by atoms with E-state index in [-0.39, 0.29) is 11.5 Å². The smallest absolute Gasteiger partial charge is 0.271 e. The van der Waals surface area contributed by atoms with Gasteiger partial charge in [0.15, 0.2) is 0 Å². The highest BCUT2D eigenvalue weighted by Crippen LogP contribution is 2.17. The Bertz CT molecular complexity index is 1260. The summed E-state index contributed by atoms with van der Waals surface area (Å²) in [4.78, 5) is 27.3. The predicted molar refractivity (Wildman–Crippen MR) is 115 cm³/mol. The summed E-state index contributed by atoms with van der Waals surface area (Å²) in [5.41, 5.74) is 7.08. The molecule has 2 N–H and O–H groups in total. The number of aromatic nitrogens is 2. The van der Waals surface area contributed by atoms with Crippen molar-refractivity contribution in [1.29, 1.82) is 0 Å². The molecule has 6 heteroatoms. The zero-order chi connectivity index (χ0) is 20.4. The number of hydrogen-bond acceptors (Lipinski definition) is 3. The van der Waals surface area contributed by atoms with Gasteiger partial charge in [0, 0.05) is 28.2 Å². The molecular weight excluding hydrogens is 364 g/mol. The summed E-state index contributed by atoms with van der Waals surface area (Å²) in [7, 11) is 0. The summed E-state index contributed by atoms with van der Waals surface area (Å²) in [6, 6.07) is 20.6. The van der Waals surface area contributed by atoms with E-state index in [2.05, 4.69) is 32.2 Å². The molecular formula is C23H20N4O2. The van der Waals surface area contributed by atoms with Gasteiger partial charge in [-0.25, -0.2) is 5.43 Å². The van der Waals surface area contributed by atoms with Crippen LogP contribution >= 0.6 is 0 Å². The second-order valence-corrected chi connectivity index (χ2v) is 6.84. The number of aryl methyl sites for hydroxylation is 2. The number of benzene rings is 2. The zero-order valence-corrected chi connectivity index (χ0v) is 16.1. The van der Waals surface area contributed by atoms with E-state index in [1.54, 1.807) is 18.2 Å². The van der Waals surface area contributed by atoms with Crippen LogP contribution in [0.15, 0.2) is 76.6 Å². The van der Waals surface area contributed by atoms with Crippen molar-refractivity contribution >= 4 is 23.0 Å². The Hall–Kier alpha value is -3.93. The molecule has 0 bridgehead atoms. The van der Waals surface area contributed by atoms with Crippen LogP contribution in [-0.2, 0) is 0 Å². The molecule has 1 amide bonds. The number of carbonyl (C=O) groups is 1. The van der Waals surface area contributed by atoms with Crippen molar-refractivity contribution < 1.29 is 4.79 Å². The molecule has 0 aliphatic carbocycles. The molecule has 0 fully saturated rings. The van der Waals surface area contributed by atoms with Crippen molar-refractivity contribution in [3.05, 3.63) is 99.6 Å². The summed E-state index contributed by atoms with van der Waals surface area (Å²) >= 11 is 0. The number of carbonyl (C=O) groups excluding carboxylic acids is 1. The zero-order valence-electron chi connectivity index (χ0n) is 16.1. The Morgan fingerprint density at radius 2 is 1.69 bits per heavy atom. The molecule has 2 aromatic heterocycles. The minimum absolute atomic E-state index is 0.261. The third-order valence-corrected chi connectivity index (χ3v) is 4.81. The Kier molecular flexibility index (Phi) is 4.83. The number of hydrazone groups is 1. The maximum Gasteiger partial charge on any atom is 0.271 e. The van der Waals surface area contributed by atoms with Gasteiger partial charge in [0.25, 0.3) is 11.5 Å². The summed E-state index contributed by atoms with van der Waals surface area (Å²) < 4.78 is 2.12. The van der Waals surface area contributed by atoms with E-state index in [1.165, 1.54) is 6.21 Å². The molecule has 0 unspecified atom stereocenters. The first-order chi connectivity index (χ1) is 14.0. The van der Waals surface area contributed by atoms with Gasteiger partial charge < -0.3 is 9.55 Å². The fourth-order valence-corrected chi connectivity index (χ4v) is 3.32. The van der Waals surface area contributed by atoms with Crippen LogP contribution in [0.4, 0.5) is 0 Å². The number of amides is 1. The molecule has 29 heavy (non-hydrogen) atoms. The second-order valence-electron chi connectivity index (χ2n) is 6.84. The lowest BCUT2D eigenvalue weighted by Gasteiger charge is -2.10. The maximum atomic E-state index is 12.3. The predicted octanol–water partition coefficient (Wildman–Crippen LogP) is 3.70. The third kappa shape index (κ3) is 3.73. The number of hydrogen-bond donors (Lipinski definition) is 2. The molecule has 0 saturated carbocycles. The van der Waals surface area contributed by atoms with Gasteiger partial charge >= 0.3 is 0 Å². The van der Waals surface area contributed by atoms with Crippen LogP contribution in [0, 0.1) is 13.8 Å². The van der Waals surface area contributed by atoms with Gasteiger partial charge in [-0.1, -0.05) is 18.2 Å². The van der Waals surface area contributed by atoms with Gasteiger partial charge in [-0.15, -0.1) is 0 Å². The lowest BCUT2D eigenvalue weighted by Crippen LogP contribution is -2.19. The summed E-state index contributed by atoms with van der Waals surface area (Å²) in [5.74, 6) is -0.342. The van der Waals surface area contributed by atoms with E-state index < -0.39 is 0 Å². The molecule has 0 atom stereocenters. The lowest BCUT2D eigenvalue weighted by atomic mass is 10.2. The molecule has 0 radical (unpaired) electrons.